The lowest BCUT2D eigenvalue weighted by molar-refractivity contribution is -0.172. The van der Waals surface area contributed by atoms with Crippen molar-refractivity contribution in [2.45, 2.75) is 44.7 Å². The molecule has 0 fully saturated rings. The summed E-state index contributed by atoms with van der Waals surface area (Å²) in [6, 6.07) is 40.1. The Hall–Kier alpha value is -4.21. The zero-order chi connectivity index (χ0) is 28.0. The molecular formula is C33H34N4O4. The number of H-pyrrole nitrogens is 1. The summed E-state index contributed by atoms with van der Waals surface area (Å²) in [7, 11) is 0. The van der Waals surface area contributed by atoms with Gasteiger partial charge in [-0.05, 0) is 22.3 Å². The second kappa shape index (κ2) is 15.5. The van der Waals surface area contributed by atoms with Crippen molar-refractivity contribution in [1.82, 2.24) is 20.6 Å². The number of hydrogen-bond donors (Lipinski definition) is 1. The molecule has 0 bridgehead atoms. The molecule has 210 valence electrons. The van der Waals surface area contributed by atoms with Gasteiger partial charge in [-0.25, -0.2) is 0 Å². The Morgan fingerprint density at radius 1 is 0.537 bits per heavy atom. The molecule has 0 spiro atoms. The highest BCUT2D eigenvalue weighted by molar-refractivity contribution is 5.16. The van der Waals surface area contributed by atoms with E-state index in [0.717, 1.165) is 22.3 Å². The van der Waals surface area contributed by atoms with E-state index in [2.05, 4.69) is 20.6 Å². The number of aromatic nitrogens is 4. The van der Waals surface area contributed by atoms with E-state index in [0.29, 0.717) is 32.3 Å². The first kappa shape index (κ1) is 28.3. The molecule has 8 heteroatoms. The number of tetrazole rings is 1. The normalized spacial score (nSPS) is 13.5. The summed E-state index contributed by atoms with van der Waals surface area (Å²) >= 11 is 0. The minimum Gasteiger partial charge on any atom is -0.374 e. The molecule has 0 aliphatic carbocycles. The summed E-state index contributed by atoms with van der Waals surface area (Å²) in [5, 5.41) is 14.9. The standard InChI is InChI=1S/C33H34N4O4/c1-5-13-26(14-6-1)21-38-25-30(39-22-27-15-7-2-8-16-27)31(40-23-28-17-9-3-10-18-28)32(33-34-36-37-35-33)41-24-29-19-11-4-12-20-29/h1-20,30-32H,21-25H2,(H,34,35,36,37)/t30-,31-,32+/m1/s1. The lowest BCUT2D eigenvalue weighted by Gasteiger charge is -2.32. The zero-order valence-corrected chi connectivity index (χ0v) is 22.8. The Morgan fingerprint density at radius 3 is 1.49 bits per heavy atom. The van der Waals surface area contributed by atoms with E-state index < -0.39 is 18.3 Å². The summed E-state index contributed by atoms with van der Waals surface area (Å²) in [6.07, 6.45) is -1.81. The van der Waals surface area contributed by atoms with Crippen LogP contribution in [0.3, 0.4) is 0 Å². The fourth-order valence-electron chi connectivity index (χ4n) is 4.41. The van der Waals surface area contributed by atoms with Crippen molar-refractivity contribution >= 4 is 0 Å². The summed E-state index contributed by atoms with van der Waals surface area (Å²) in [4.78, 5) is 0. The minimum absolute atomic E-state index is 0.268. The molecule has 0 aliphatic rings. The van der Waals surface area contributed by atoms with Gasteiger partial charge in [-0.15, -0.1) is 10.2 Å². The Balaban J connectivity index is 1.41. The predicted octanol–water partition coefficient (Wildman–Crippen LogP) is 5.85. The quantitative estimate of drug-likeness (QED) is 0.165. The molecule has 5 rings (SSSR count). The van der Waals surface area contributed by atoms with Crippen LogP contribution in [0.15, 0.2) is 121 Å². The molecule has 0 amide bonds. The number of nitrogens with one attached hydrogen (secondary N) is 1. The average Bonchev–Trinajstić information content (AvgIpc) is 3.58. The molecule has 0 saturated heterocycles. The van der Waals surface area contributed by atoms with Crippen molar-refractivity contribution in [2.24, 2.45) is 0 Å². The Kier molecular flexibility index (Phi) is 10.7. The topological polar surface area (TPSA) is 91.4 Å². The van der Waals surface area contributed by atoms with Gasteiger partial charge in [0.2, 0.25) is 5.82 Å². The molecule has 1 aromatic heterocycles. The van der Waals surface area contributed by atoms with Crippen molar-refractivity contribution in [3.63, 3.8) is 0 Å². The second-order valence-corrected chi connectivity index (χ2v) is 9.58. The first-order valence-electron chi connectivity index (χ1n) is 13.7. The van der Waals surface area contributed by atoms with Crippen molar-refractivity contribution in [3.05, 3.63) is 149 Å². The highest BCUT2D eigenvalue weighted by Gasteiger charge is 2.36. The summed E-state index contributed by atoms with van der Waals surface area (Å²) in [5.41, 5.74) is 4.17. The third-order valence-corrected chi connectivity index (χ3v) is 6.54. The van der Waals surface area contributed by atoms with Crippen LogP contribution in [0.4, 0.5) is 0 Å². The number of ether oxygens (including phenoxy) is 4. The number of hydrogen-bond acceptors (Lipinski definition) is 7. The van der Waals surface area contributed by atoms with Gasteiger partial charge in [0.1, 0.15) is 18.3 Å². The molecule has 0 saturated carbocycles. The van der Waals surface area contributed by atoms with Crippen LogP contribution in [0, 0.1) is 0 Å². The van der Waals surface area contributed by atoms with Crippen LogP contribution in [0.1, 0.15) is 34.2 Å². The molecule has 0 unspecified atom stereocenters. The molecule has 1 N–H and O–H groups in total. The van der Waals surface area contributed by atoms with Crippen molar-refractivity contribution < 1.29 is 18.9 Å². The highest BCUT2D eigenvalue weighted by Crippen LogP contribution is 2.28. The highest BCUT2D eigenvalue weighted by atomic mass is 16.6. The van der Waals surface area contributed by atoms with E-state index in [9.17, 15) is 0 Å². The Labute approximate surface area is 240 Å². The summed E-state index contributed by atoms with van der Waals surface area (Å²) < 4.78 is 25.8. The molecule has 4 aromatic carbocycles. The molecule has 8 nitrogen and oxygen atoms in total. The third-order valence-electron chi connectivity index (χ3n) is 6.54. The van der Waals surface area contributed by atoms with Gasteiger partial charge in [0.25, 0.3) is 0 Å². The van der Waals surface area contributed by atoms with Gasteiger partial charge in [0.05, 0.1) is 33.0 Å². The third kappa shape index (κ3) is 8.89. The van der Waals surface area contributed by atoms with Gasteiger partial charge in [0, 0.05) is 0 Å². The lowest BCUT2D eigenvalue weighted by Crippen LogP contribution is -2.41. The molecule has 0 aliphatic heterocycles. The second-order valence-electron chi connectivity index (χ2n) is 9.58. The first-order valence-corrected chi connectivity index (χ1v) is 13.7. The van der Waals surface area contributed by atoms with Gasteiger partial charge < -0.3 is 18.9 Å². The van der Waals surface area contributed by atoms with E-state index >= 15 is 0 Å². The van der Waals surface area contributed by atoms with Crippen LogP contribution in [0.2, 0.25) is 0 Å². The Bertz CT molecular complexity index is 1370. The number of benzene rings is 4. The van der Waals surface area contributed by atoms with Crippen LogP contribution in [-0.2, 0) is 45.4 Å². The van der Waals surface area contributed by atoms with Crippen LogP contribution in [0.25, 0.3) is 0 Å². The van der Waals surface area contributed by atoms with E-state index in [1.54, 1.807) is 0 Å². The fraction of sp³-hybridized carbons (Fsp3) is 0.242. The van der Waals surface area contributed by atoms with Gasteiger partial charge in [-0.1, -0.05) is 127 Å². The largest absolute Gasteiger partial charge is 0.374 e. The molecular weight excluding hydrogens is 516 g/mol. The fourth-order valence-corrected chi connectivity index (χ4v) is 4.41. The maximum absolute atomic E-state index is 6.60. The van der Waals surface area contributed by atoms with Crippen molar-refractivity contribution in [1.29, 1.82) is 0 Å². The number of nitrogens with zero attached hydrogens (tertiary/aromatic N) is 3. The monoisotopic (exact) mass is 550 g/mol. The van der Waals surface area contributed by atoms with E-state index in [4.69, 9.17) is 18.9 Å². The molecule has 3 atom stereocenters. The van der Waals surface area contributed by atoms with E-state index in [-0.39, 0.29) is 6.61 Å². The van der Waals surface area contributed by atoms with Crippen molar-refractivity contribution in [3.8, 4) is 0 Å². The average molecular weight is 551 g/mol. The predicted molar refractivity (Wildman–Crippen MR) is 154 cm³/mol. The van der Waals surface area contributed by atoms with E-state index in [1.165, 1.54) is 0 Å². The zero-order valence-electron chi connectivity index (χ0n) is 22.8. The maximum Gasteiger partial charge on any atom is 0.206 e. The van der Waals surface area contributed by atoms with Gasteiger partial charge in [-0.2, -0.15) is 5.21 Å². The number of aromatic amines is 1. The van der Waals surface area contributed by atoms with Gasteiger partial charge in [0.15, 0.2) is 0 Å². The molecule has 0 radical (unpaired) electrons. The smallest absolute Gasteiger partial charge is 0.206 e. The van der Waals surface area contributed by atoms with Crippen LogP contribution in [-0.4, -0.2) is 39.4 Å². The first-order chi connectivity index (χ1) is 20.3. The molecule has 41 heavy (non-hydrogen) atoms. The van der Waals surface area contributed by atoms with Crippen LogP contribution in [0.5, 0.6) is 0 Å². The maximum atomic E-state index is 6.60. The van der Waals surface area contributed by atoms with Gasteiger partial charge >= 0.3 is 0 Å². The Morgan fingerprint density at radius 2 is 1.00 bits per heavy atom. The summed E-state index contributed by atoms with van der Waals surface area (Å²) in [6.45, 7) is 1.77. The SMILES string of the molecule is c1ccc(COC[C@@H](OCc2ccccc2)[C@@H](OCc2ccccc2)[C@H](OCc2ccccc2)c2nn[nH]n2)cc1. The van der Waals surface area contributed by atoms with Gasteiger partial charge in [-0.3, -0.25) is 0 Å². The van der Waals surface area contributed by atoms with E-state index in [1.807, 2.05) is 121 Å². The molecule has 1 heterocycles. The lowest BCUT2D eigenvalue weighted by atomic mass is 10.1. The molecule has 5 aromatic rings. The number of rotatable bonds is 16. The van der Waals surface area contributed by atoms with Crippen LogP contribution >= 0.6 is 0 Å². The van der Waals surface area contributed by atoms with Crippen LogP contribution < -0.4 is 0 Å². The van der Waals surface area contributed by atoms with Crippen molar-refractivity contribution in [2.75, 3.05) is 6.61 Å². The summed E-state index contributed by atoms with van der Waals surface area (Å²) in [5.74, 6) is 0.385. The minimum atomic E-state index is -0.682.